The van der Waals surface area contributed by atoms with Crippen molar-refractivity contribution in [3.05, 3.63) is 18.0 Å². The molecule has 0 saturated heterocycles. The summed E-state index contributed by atoms with van der Waals surface area (Å²) in [7, 11) is 0. The lowest BCUT2D eigenvalue weighted by molar-refractivity contribution is 0.460. The highest BCUT2D eigenvalue weighted by Gasteiger charge is 2.06. The van der Waals surface area contributed by atoms with Gasteiger partial charge in [-0.15, -0.1) is 11.8 Å². The van der Waals surface area contributed by atoms with Crippen LogP contribution in [0.4, 0.5) is 4.39 Å². The number of hydrogen-bond donors (Lipinski definition) is 1. The fraction of sp³-hybridized carbons (Fsp3) is 0.400. The second-order valence-corrected chi connectivity index (χ2v) is 2.45. The SMILES string of the molecule is CSC(F)c1ccn[nH]1. The number of aromatic nitrogens is 2. The molecule has 1 atom stereocenters. The van der Waals surface area contributed by atoms with E-state index in [-0.39, 0.29) is 0 Å². The molecule has 50 valence electrons. The van der Waals surface area contributed by atoms with Gasteiger partial charge >= 0.3 is 0 Å². The Morgan fingerprint density at radius 2 is 2.67 bits per heavy atom. The molecule has 2 nitrogen and oxygen atoms in total. The number of nitrogens with one attached hydrogen (secondary N) is 1. The molecule has 0 amide bonds. The maximum Gasteiger partial charge on any atom is 0.187 e. The summed E-state index contributed by atoms with van der Waals surface area (Å²) >= 11 is 1.14. The minimum Gasteiger partial charge on any atom is -0.279 e. The van der Waals surface area contributed by atoms with Crippen LogP contribution in [-0.4, -0.2) is 16.5 Å². The molecule has 0 fully saturated rings. The van der Waals surface area contributed by atoms with Crippen LogP contribution in [0.15, 0.2) is 12.3 Å². The first-order valence-electron chi connectivity index (χ1n) is 2.50. The van der Waals surface area contributed by atoms with Gasteiger partial charge < -0.3 is 0 Å². The van der Waals surface area contributed by atoms with Gasteiger partial charge in [-0.25, -0.2) is 4.39 Å². The molecule has 1 rings (SSSR count). The molecule has 1 aromatic heterocycles. The Hall–Kier alpha value is -0.510. The summed E-state index contributed by atoms with van der Waals surface area (Å²) in [4.78, 5) is 0. The molecule has 1 N–H and O–H groups in total. The first kappa shape index (κ1) is 6.61. The number of aromatic amines is 1. The van der Waals surface area contributed by atoms with Crippen LogP contribution >= 0.6 is 11.8 Å². The zero-order valence-electron chi connectivity index (χ0n) is 4.97. The van der Waals surface area contributed by atoms with E-state index in [1.165, 1.54) is 6.20 Å². The third-order valence-electron chi connectivity index (χ3n) is 0.974. The molecule has 0 spiro atoms. The van der Waals surface area contributed by atoms with Crippen LogP contribution in [0.25, 0.3) is 0 Å². The summed E-state index contributed by atoms with van der Waals surface area (Å²) in [6, 6.07) is 1.63. The lowest BCUT2D eigenvalue weighted by Gasteiger charge is -1.97. The Bertz CT molecular complexity index is 163. The topological polar surface area (TPSA) is 28.7 Å². The third-order valence-corrected chi connectivity index (χ3v) is 1.64. The van der Waals surface area contributed by atoms with E-state index in [1.54, 1.807) is 12.3 Å². The van der Waals surface area contributed by atoms with E-state index in [4.69, 9.17) is 0 Å². The van der Waals surface area contributed by atoms with Gasteiger partial charge in [0, 0.05) is 6.20 Å². The molecular weight excluding hydrogens is 139 g/mol. The van der Waals surface area contributed by atoms with E-state index in [1.807, 2.05) is 0 Å². The van der Waals surface area contributed by atoms with Gasteiger partial charge in [0.2, 0.25) is 0 Å². The van der Waals surface area contributed by atoms with Gasteiger partial charge in [0.05, 0.1) is 5.69 Å². The van der Waals surface area contributed by atoms with Crippen molar-refractivity contribution in [2.45, 2.75) is 5.50 Å². The second kappa shape index (κ2) is 2.87. The molecule has 1 aromatic rings. The second-order valence-electron chi connectivity index (χ2n) is 1.56. The van der Waals surface area contributed by atoms with E-state index in [0.717, 1.165) is 11.8 Å². The Morgan fingerprint density at radius 3 is 3.11 bits per heavy atom. The Balaban J connectivity index is 2.65. The smallest absolute Gasteiger partial charge is 0.187 e. The number of nitrogens with zero attached hydrogens (tertiary/aromatic N) is 1. The maximum absolute atomic E-state index is 12.6. The lowest BCUT2D eigenvalue weighted by Crippen LogP contribution is -1.84. The number of alkyl halides is 1. The van der Waals surface area contributed by atoms with Crippen molar-refractivity contribution in [1.29, 1.82) is 0 Å². The monoisotopic (exact) mass is 146 g/mol. The fourth-order valence-electron chi connectivity index (χ4n) is 0.520. The summed E-state index contributed by atoms with van der Waals surface area (Å²) in [6.07, 6.45) is 3.25. The number of rotatable bonds is 2. The predicted molar refractivity (Wildman–Crippen MR) is 36.0 cm³/mol. The normalized spacial score (nSPS) is 13.6. The first-order chi connectivity index (χ1) is 4.34. The highest BCUT2D eigenvalue weighted by atomic mass is 32.2. The van der Waals surface area contributed by atoms with Crippen LogP contribution in [0.2, 0.25) is 0 Å². The highest BCUT2D eigenvalue weighted by Crippen LogP contribution is 2.24. The maximum atomic E-state index is 12.6. The molecule has 0 aliphatic heterocycles. The third kappa shape index (κ3) is 1.45. The van der Waals surface area contributed by atoms with E-state index in [9.17, 15) is 4.39 Å². The van der Waals surface area contributed by atoms with Crippen molar-refractivity contribution < 1.29 is 4.39 Å². The van der Waals surface area contributed by atoms with Gasteiger partial charge in [-0.3, -0.25) is 5.10 Å². The minimum atomic E-state index is -0.965. The average molecular weight is 146 g/mol. The minimum absolute atomic E-state index is 0.530. The van der Waals surface area contributed by atoms with E-state index >= 15 is 0 Å². The standard InChI is InChI=1S/C5H7FN2S/c1-9-5(6)4-2-3-7-8-4/h2-3,5H,1H3,(H,7,8). The largest absolute Gasteiger partial charge is 0.279 e. The Kier molecular flexibility index (Phi) is 2.10. The van der Waals surface area contributed by atoms with Gasteiger partial charge in [0.1, 0.15) is 0 Å². The molecule has 4 heteroatoms. The highest BCUT2D eigenvalue weighted by molar-refractivity contribution is 7.98. The molecule has 0 bridgehead atoms. The van der Waals surface area contributed by atoms with Crippen molar-refractivity contribution in [2.75, 3.05) is 6.26 Å². The van der Waals surface area contributed by atoms with Gasteiger partial charge in [-0.05, 0) is 12.3 Å². The van der Waals surface area contributed by atoms with Crippen molar-refractivity contribution in [3.63, 3.8) is 0 Å². The zero-order valence-corrected chi connectivity index (χ0v) is 5.78. The molecule has 0 aliphatic rings. The van der Waals surface area contributed by atoms with E-state index in [2.05, 4.69) is 10.2 Å². The Morgan fingerprint density at radius 1 is 1.89 bits per heavy atom. The zero-order chi connectivity index (χ0) is 6.69. The molecular formula is C5H7FN2S. The van der Waals surface area contributed by atoms with Crippen LogP contribution in [0.3, 0.4) is 0 Å². The van der Waals surface area contributed by atoms with Gasteiger partial charge in [-0.2, -0.15) is 5.10 Å². The molecule has 0 aliphatic carbocycles. The first-order valence-corrected chi connectivity index (χ1v) is 3.79. The van der Waals surface area contributed by atoms with Crippen LogP contribution in [0.5, 0.6) is 0 Å². The fourth-order valence-corrected chi connectivity index (χ4v) is 0.905. The molecule has 1 heterocycles. The predicted octanol–water partition coefficient (Wildman–Crippen LogP) is 1.74. The van der Waals surface area contributed by atoms with Crippen LogP contribution in [0.1, 0.15) is 11.2 Å². The molecule has 9 heavy (non-hydrogen) atoms. The average Bonchev–Trinajstić information content (AvgIpc) is 2.37. The number of halogens is 1. The van der Waals surface area contributed by atoms with Gasteiger partial charge in [0.15, 0.2) is 5.50 Å². The summed E-state index contributed by atoms with van der Waals surface area (Å²) in [5.74, 6) is 0. The summed E-state index contributed by atoms with van der Waals surface area (Å²) in [6.45, 7) is 0. The van der Waals surface area contributed by atoms with Crippen LogP contribution in [0, 0.1) is 0 Å². The molecule has 0 aromatic carbocycles. The van der Waals surface area contributed by atoms with Crippen molar-refractivity contribution >= 4 is 11.8 Å². The molecule has 0 saturated carbocycles. The summed E-state index contributed by atoms with van der Waals surface area (Å²) < 4.78 is 12.6. The van der Waals surface area contributed by atoms with Gasteiger partial charge in [0.25, 0.3) is 0 Å². The molecule has 1 unspecified atom stereocenters. The number of H-pyrrole nitrogens is 1. The lowest BCUT2D eigenvalue weighted by atomic mass is 10.5. The van der Waals surface area contributed by atoms with Crippen LogP contribution < -0.4 is 0 Å². The van der Waals surface area contributed by atoms with E-state index < -0.39 is 5.50 Å². The van der Waals surface area contributed by atoms with Crippen molar-refractivity contribution in [1.82, 2.24) is 10.2 Å². The Labute approximate surface area is 56.8 Å². The van der Waals surface area contributed by atoms with E-state index in [0.29, 0.717) is 5.69 Å². The van der Waals surface area contributed by atoms with Crippen molar-refractivity contribution in [2.24, 2.45) is 0 Å². The quantitative estimate of drug-likeness (QED) is 0.688. The molecule has 0 radical (unpaired) electrons. The van der Waals surface area contributed by atoms with Crippen LogP contribution in [-0.2, 0) is 0 Å². The van der Waals surface area contributed by atoms with Gasteiger partial charge in [-0.1, -0.05) is 0 Å². The summed E-state index contributed by atoms with van der Waals surface area (Å²) in [5, 5.41) is 6.15. The number of hydrogen-bond acceptors (Lipinski definition) is 2. The number of thioether (sulfide) groups is 1. The van der Waals surface area contributed by atoms with Crippen molar-refractivity contribution in [3.8, 4) is 0 Å². The summed E-state index contributed by atoms with van der Waals surface area (Å²) in [5.41, 5.74) is -0.435.